The van der Waals surface area contributed by atoms with E-state index in [0.717, 1.165) is 0 Å². The van der Waals surface area contributed by atoms with Crippen LogP contribution < -0.4 is 9.64 Å². The van der Waals surface area contributed by atoms with E-state index < -0.39 is 18.3 Å². The van der Waals surface area contributed by atoms with E-state index in [0.29, 0.717) is 16.8 Å². The average molecular weight is 437 g/mol. The summed E-state index contributed by atoms with van der Waals surface area (Å²) in [5, 5.41) is 0. The van der Waals surface area contributed by atoms with E-state index in [1.54, 1.807) is 24.3 Å². The average Bonchev–Trinajstić information content (AvgIpc) is 2.77. The fourth-order valence-electron chi connectivity index (χ4n) is 3.12. The summed E-state index contributed by atoms with van der Waals surface area (Å²) in [7, 11) is 2.37. The van der Waals surface area contributed by atoms with Gasteiger partial charge in [-0.3, -0.25) is 0 Å². The molecule has 0 bridgehead atoms. The van der Waals surface area contributed by atoms with Crippen LogP contribution in [-0.4, -0.2) is 45.9 Å². The number of nitrogens with zero attached hydrogens (tertiary/aromatic N) is 1. The molecule has 0 fully saturated rings. The van der Waals surface area contributed by atoms with Crippen molar-refractivity contribution in [2.45, 2.75) is 6.36 Å². The van der Waals surface area contributed by atoms with Crippen LogP contribution in [0.3, 0.4) is 0 Å². The Morgan fingerprint density at radius 2 is 1.61 bits per heavy atom. The zero-order valence-electron chi connectivity index (χ0n) is 16.6. The summed E-state index contributed by atoms with van der Waals surface area (Å²) in [6, 6.07) is 12.1. The highest BCUT2D eigenvalue weighted by Crippen LogP contribution is 2.36. The van der Waals surface area contributed by atoms with E-state index in [1.165, 1.54) is 43.4 Å². The molecule has 0 saturated carbocycles. The van der Waals surface area contributed by atoms with Crippen molar-refractivity contribution >= 4 is 17.6 Å². The minimum absolute atomic E-state index is 0.00988. The van der Waals surface area contributed by atoms with Crippen LogP contribution in [0.15, 0.2) is 59.8 Å². The highest BCUT2D eigenvalue weighted by molar-refractivity contribution is 6.04. The summed E-state index contributed by atoms with van der Waals surface area (Å²) < 4.78 is 56.3. The zero-order chi connectivity index (χ0) is 22.6. The van der Waals surface area contributed by atoms with Gasteiger partial charge in [-0.1, -0.05) is 30.3 Å². The maximum Gasteiger partial charge on any atom is 0.573 e. The number of halogens is 3. The van der Waals surface area contributed by atoms with E-state index >= 15 is 0 Å². The maximum atomic E-state index is 12.5. The fraction of sp³-hybridized carbons (Fsp3) is 0.238. The van der Waals surface area contributed by atoms with E-state index in [-0.39, 0.29) is 30.4 Å². The Labute approximate surface area is 175 Å². The number of anilines is 1. The topological polar surface area (TPSA) is 74.3 Å². The monoisotopic (exact) mass is 437 g/mol. The van der Waals surface area contributed by atoms with Crippen molar-refractivity contribution in [3.63, 3.8) is 0 Å². The molecule has 1 aliphatic rings. The van der Waals surface area contributed by atoms with E-state index in [2.05, 4.69) is 4.74 Å². The van der Waals surface area contributed by atoms with Crippen LogP contribution in [0.25, 0.3) is 11.1 Å². The molecule has 0 spiro atoms. The minimum Gasteiger partial charge on any atom is -0.466 e. The van der Waals surface area contributed by atoms with E-state index in [1.807, 2.05) is 0 Å². The molecule has 0 aliphatic carbocycles. The van der Waals surface area contributed by atoms with Gasteiger partial charge in [-0.2, -0.15) is 0 Å². The number of carbonyl (C=O) groups excluding carboxylic acids is 2. The van der Waals surface area contributed by atoms with Crippen molar-refractivity contribution < 1.29 is 41.7 Å². The smallest absolute Gasteiger partial charge is 0.466 e. The van der Waals surface area contributed by atoms with Crippen molar-refractivity contribution in [3.05, 3.63) is 59.8 Å². The Kier molecular flexibility index (Phi) is 6.50. The van der Waals surface area contributed by atoms with Gasteiger partial charge < -0.3 is 23.8 Å². The van der Waals surface area contributed by atoms with Crippen LogP contribution in [0.1, 0.15) is 0 Å². The number of methoxy groups -OCH3 is 2. The molecule has 2 aromatic rings. The molecular weight excluding hydrogens is 419 g/mol. The molecule has 31 heavy (non-hydrogen) atoms. The number of alkyl halides is 3. The SMILES string of the molecule is COC(=O)C1=C(C(=O)OC)N(c2ccccc2-c2ccc(OC(F)(F)F)cc2)COC1. The molecule has 1 heterocycles. The number of ether oxygens (including phenoxy) is 4. The minimum atomic E-state index is -4.80. The molecule has 0 amide bonds. The van der Waals surface area contributed by atoms with Crippen LogP contribution in [0.5, 0.6) is 5.75 Å². The number of rotatable bonds is 5. The van der Waals surface area contributed by atoms with Gasteiger partial charge in [-0.25, -0.2) is 9.59 Å². The molecule has 0 atom stereocenters. The van der Waals surface area contributed by atoms with Crippen molar-refractivity contribution in [2.24, 2.45) is 0 Å². The van der Waals surface area contributed by atoms with Crippen LogP contribution in [-0.2, 0) is 23.8 Å². The molecule has 0 radical (unpaired) electrons. The number of hydrogen-bond donors (Lipinski definition) is 0. The summed E-state index contributed by atoms with van der Waals surface area (Å²) in [6.07, 6.45) is -4.80. The molecule has 0 aromatic heterocycles. The van der Waals surface area contributed by atoms with E-state index in [9.17, 15) is 22.8 Å². The standard InChI is InChI=1S/C21H18F3NO6/c1-28-19(26)16-11-30-12-25(18(16)20(27)29-2)17-6-4-3-5-15(17)13-7-9-14(10-8-13)31-21(22,23)24/h3-10H,11-12H2,1-2H3. The first-order valence-corrected chi connectivity index (χ1v) is 8.95. The summed E-state index contributed by atoms with van der Waals surface area (Å²) in [5.41, 5.74) is 1.57. The first-order chi connectivity index (χ1) is 14.7. The third-order valence-electron chi connectivity index (χ3n) is 4.43. The van der Waals surface area contributed by atoms with Gasteiger partial charge in [0.1, 0.15) is 18.2 Å². The molecular formula is C21H18F3NO6. The molecule has 2 aromatic carbocycles. The second kappa shape index (κ2) is 9.09. The Morgan fingerprint density at radius 1 is 0.968 bits per heavy atom. The molecule has 7 nitrogen and oxygen atoms in total. The summed E-state index contributed by atoms with van der Waals surface area (Å²) in [4.78, 5) is 26.1. The lowest BCUT2D eigenvalue weighted by atomic mass is 10.0. The summed E-state index contributed by atoms with van der Waals surface area (Å²) in [6.45, 7) is -0.198. The van der Waals surface area contributed by atoms with E-state index in [4.69, 9.17) is 14.2 Å². The summed E-state index contributed by atoms with van der Waals surface area (Å²) >= 11 is 0. The van der Waals surface area contributed by atoms with Gasteiger partial charge in [0.15, 0.2) is 0 Å². The Hall–Kier alpha value is -3.53. The lowest BCUT2D eigenvalue weighted by molar-refractivity contribution is -0.274. The molecule has 0 unspecified atom stereocenters. The van der Waals surface area contributed by atoms with Crippen molar-refractivity contribution in [1.82, 2.24) is 0 Å². The lowest BCUT2D eigenvalue weighted by Gasteiger charge is -2.32. The molecule has 10 heteroatoms. The van der Waals surface area contributed by atoms with Gasteiger partial charge in [0.25, 0.3) is 0 Å². The third-order valence-corrected chi connectivity index (χ3v) is 4.43. The first-order valence-electron chi connectivity index (χ1n) is 8.95. The van der Waals surface area contributed by atoms with Crippen molar-refractivity contribution in [1.29, 1.82) is 0 Å². The number of carbonyl (C=O) groups is 2. The van der Waals surface area contributed by atoms with Crippen molar-refractivity contribution in [2.75, 3.05) is 32.5 Å². The molecule has 164 valence electrons. The van der Waals surface area contributed by atoms with Gasteiger partial charge in [0.2, 0.25) is 0 Å². The second-order valence-electron chi connectivity index (χ2n) is 6.31. The fourth-order valence-corrected chi connectivity index (χ4v) is 3.12. The van der Waals surface area contributed by atoms with Crippen LogP contribution >= 0.6 is 0 Å². The van der Waals surface area contributed by atoms with Gasteiger partial charge in [0, 0.05) is 5.56 Å². The second-order valence-corrected chi connectivity index (χ2v) is 6.31. The van der Waals surface area contributed by atoms with Gasteiger partial charge >= 0.3 is 18.3 Å². The summed E-state index contributed by atoms with van der Waals surface area (Å²) in [5.74, 6) is -1.86. The Bertz CT molecular complexity index is 1000. The predicted octanol–water partition coefficient (Wildman–Crippen LogP) is 3.65. The maximum absolute atomic E-state index is 12.5. The highest BCUT2D eigenvalue weighted by atomic mass is 19.4. The largest absolute Gasteiger partial charge is 0.573 e. The Balaban J connectivity index is 2.06. The predicted molar refractivity (Wildman–Crippen MR) is 103 cm³/mol. The number of hydrogen-bond acceptors (Lipinski definition) is 7. The first kappa shape index (κ1) is 22.2. The molecule has 1 aliphatic heterocycles. The number of esters is 2. The van der Waals surface area contributed by atoms with Gasteiger partial charge in [-0.15, -0.1) is 13.2 Å². The molecule has 3 rings (SSSR count). The van der Waals surface area contributed by atoms with Crippen molar-refractivity contribution in [3.8, 4) is 16.9 Å². The normalized spacial score (nSPS) is 14.3. The lowest BCUT2D eigenvalue weighted by Crippen LogP contribution is -2.39. The quantitative estimate of drug-likeness (QED) is 0.661. The molecule has 0 N–H and O–H groups in total. The van der Waals surface area contributed by atoms with Gasteiger partial charge in [-0.05, 0) is 23.8 Å². The van der Waals surface area contributed by atoms with Gasteiger partial charge in [0.05, 0.1) is 32.1 Å². The highest BCUT2D eigenvalue weighted by Gasteiger charge is 2.34. The van der Waals surface area contributed by atoms with Crippen LogP contribution in [0, 0.1) is 0 Å². The van der Waals surface area contributed by atoms with Crippen LogP contribution in [0.2, 0.25) is 0 Å². The Morgan fingerprint density at radius 3 is 2.23 bits per heavy atom. The zero-order valence-corrected chi connectivity index (χ0v) is 16.6. The third kappa shape index (κ3) is 4.97. The van der Waals surface area contributed by atoms with Crippen LogP contribution in [0.4, 0.5) is 18.9 Å². The number of para-hydroxylation sites is 1. The molecule has 0 saturated heterocycles. The number of benzene rings is 2.